The van der Waals surface area contributed by atoms with E-state index in [4.69, 9.17) is 10.5 Å². The molecule has 0 aliphatic carbocycles. The maximum absolute atomic E-state index is 11.8. The van der Waals surface area contributed by atoms with Crippen LogP contribution < -0.4 is 11.1 Å². The summed E-state index contributed by atoms with van der Waals surface area (Å²) >= 11 is 0. The number of rotatable bonds is 7. The Kier molecular flexibility index (Phi) is 7.59. The molecule has 1 fully saturated rings. The van der Waals surface area contributed by atoms with Gasteiger partial charge in [0.25, 0.3) is 0 Å². The lowest BCUT2D eigenvalue weighted by Crippen LogP contribution is -2.49. The maximum atomic E-state index is 11.8. The van der Waals surface area contributed by atoms with Gasteiger partial charge in [0.05, 0.1) is 0 Å². The van der Waals surface area contributed by atoms with Gasteiger partial charge in [0.15, 0.2) is 0 Å². The Balaban J connectivity index is 2.44. The molecule has 6 nitrogen and oxygen atoms in total. The minimum absolute atomic E-state index is 0.174. The Morgan fingerprint density at radius 1 is 1.41 bits per heavy atom. The van der Waals surface area contributed by atoms with Crippen LogP contribution >= 0.6 is 0 Å². The largest absolute Gasteiger partial charge is 0.444 e. The number of nitrogens with one attached hydrogen (secondary N) is 1. The Morgan fingerprint density at radius 3 is 2.55 bits per heavy atom. The summed E-state index contributed by atoms with van der Waals surface area (Å²) in [5, 5.41) is 2.84. The van der Waals surface area contributed by atoms with Gasteiger partial charge in [-0.05, 0) is 40.3 Å². The second-order valence-electron chi connectivity index (χ2n) is 6.93. The molecular formula is C16H34N4O2. The van der Waals surface area contributed by atoms with Crippen LogP contribution in [0, 0.1) is 0 Å². The van der Waals surface area contributed by atoms with E-state index in [1.807, 2.05) is 20.8 Å². The van der Waals surface area contributed by atoms with Gasteiger partial charge in [-0.15, -0.1) is 0 Å². The van der Waals surface area contributed by atoms with Crippen molar-refractivity contribution in [1.82, 2.24) is 15.1 Å². The average Bonchev–Trinajstić information content (AvgIpc) is 2.88. The highest BCUT2D eigenvalue weighted by Crippen LogP contribution is 2.17. The topological polar surface area (TPSA) is 70.8 Å². The number of likely N-dealkylation sites (N-methyl/N-ethyl adjacent to an activating group) is 1. The second-order valence-corrected chi connectivity index (χ2v) is 6.93. The summed E-state index contributed by atoms with van der Waals surface area (Å²) in [6, 6.07) is 0.777. The van der Waals surface area contributed by atoms with Crippen molar-refractivity contribution in [3.05, 3.63) is 0 Å². The third-order valence-electron chi connectivity index (χ3n) is 4.19. The van der Waals surface area contributed by atoms with Crippen molar-refractivity contribution >= 4 is 6.09 Å². The van der Waals surface area contributed by atoms with Crippen LogP contribution in [0.5, 0.6) is 0 Å². The lowest BCUT2D eigenvalue weighted by Gasteiger charge is -2.30. The van der Waals surface area contributed by atoms with Crippen molar-refractivity contribution in [2.45, 2.75) is 58.7 Å². The zero-order valence-electron chi connectivity index (χ0n) is 14.9. The zero-order chi connectivity index (χ0) is 16.8. The Labute approximate surface area is 135 Å². The molecule has 0 aromatic rings. The van der Waals surface area contributed by atoms with Crippen LogP contribution in [-0.2, 0) is 4.74 Å². The summed E-state index contributed by atoms with van der Waals surface area (Å²) in [7, 11) is 0. The smallest absolute Gasteiger partial charge is 0.407 e. The van der Waals surface area contributed by atoms with Crippen molar-refractivity contribution in [2.75, 3.05) is 39.3 Å². The first-order chi connectivity index (χ1) is 10.3. The van der Waals surface area contributed by atoms with Gasteiger partial charge in [0, 0.05) is 38.3 Å². The van der Waals surface area contributed by atoms with Crippen LogP contribution in [0.1, 0.15) is 41.0 Å². The molecule has 22 heavy (non-hydrogen) atoms. The molecule has 2 unspecified atom stereocenters. The normalized spacial score (nSPS) is 21.1. The van der Waals surface area contributed by atoms with E-state index in [9.17, 15) is 4.79 Å². The van der Waals surface area contributed by atoms with Crippen LogP contribution in [0.25, 0.3) is 0 Å². The summed E-state index contributed by atoms with van der Waals surface area (Å²) in [6.07, 6.45) is 0.801. The third kappa shape index (κ3) is 6.10. The first-order valence-electron chi connectivity index (χ1n) is 8.45. The number of carbonyl (C=O) groups is 1. The molecule has 1 aliphatic heterocycles. The van der Waals surface area contributed by atoms with E-state index >= 15 is 0 Å². The van der Waals surface area contributed by atoms with Gasteiger partial charge in [0.2, 0.25) is 0 Å². The Bertz CT molecular complexity index is 340. The van der Waals surface area contributed by atoms with Gasteiger partial charge >= 0.3 is 6.09 Å². The number of nitrogens with zero attached hydrogens (tertiary/aromatic N) is 2. The predicted octanol–water partition coefficient (Wildman–Crippen LogP) is 1.25. The fourth-order valence-corrected chi connectivity index (χ4v) is 3.01. The van der Waals surface area contributed by atoms with Gasteiger partial charge < -0.3 is 15.8 Å². The van der Waals surface area contributed by atoms with E-state index in [0.29, 0.717) is 19.1 Å². The molecule has 0 saturated carbocycles. The van der Waals surface area contributed by atoms with Crippen LogP contribution in [0.15, 0.2) is 0 Å². The lowest BCUT2D eigenvalue weighted by atomic mass is 10.2. The van der Waals surface area contributed by atoms with Crippen LogP contribution in [-0.4, -0.2) is 72.8 Å². The van der Waals surface area contributed by atoms with Crippen LogP contribution in [0.2, 0.25) is 0 Å². The summed E-state index contributed by atoms with van der Waals surface area (Å²) in [5.41, 5.74) is 5.44. The number of alkyl carbamates (subject to hydrolysis) is 1. The molecule has 0 aromatic carbocycles. The predicted molar refractivity (Wildman–Crippen MR) is 90.0 cm³/mol. The lowest BCUT2D eigenvalue weighted by molar-refractivity contribution is 0.0510. The summed E-state index contributed by atoms with van der Waals surface area (Å²) in [6.45, 7) is 15.3. The third-order valence-corrected chi connectivity index (χ3v) is 4.19. The van der Waals surface area contributed by atoms with E-state index in [0.717, 1.165) is 26.2 Å². The molecule has 1 saturated heterocycles. The first-order valence-corrected chi connectivity index (χ1v) is 8.45. The molecule has 1 amide bonds. The highest BCUT2D eigenvalue weighted by molar-refractivity contribution is 5.67. The monoisotopic (exact) mass is 314 g/mol. The van der Waals surface area contributed by atoms with Crippen molar-refractivity contribution in [3.63, 3.8) is 0 Å². The minimum Gasteiger partial charge on any atom is -0.444 e. The quantitative estimate of drug-likeness (QED) is 0.740. The summed E-state index contributed by atoms with van der Waals surface area (Å²) < 4.78 is 5.27. The number of nitrogens with two attached hydrogens (primary N) is 1. The van der Waals surface area contributed by atoms with Crippen molar-refractivity contribution in [3.8, 4) is 0 Å². The number of carbonyl (C=O) groups excluding carboxylic acids is 1. The zero-order valence-corrected chi connectivity index (χ0v) is 14.9. The molecule has 1 rings (SSSR count). The van der Waals surface area contributed by atoms with Gasteiger partial charge in [-0.3, -0.25) is 9.80 Å². The molecule has 1 heterocycles. The second kappa shape index (κ2) is 8.70. The highest BCUT2D eigenvalue weighted by atomic mass is 16.6. The Hall–Kier alpha value is -0.850. The van der Waals surface area contributed by atoms with Crippen molar-refractivity contribution in [1.29, 1.82) is 0 Å². The number of hydrogen-bond donors (Lipinski definition) is 2. The SMILES string of the molecule is CCN(CC)C1CCN(C(CN)CNC(=O)OC(C)(C)C)C1. The van der Waals surface area contributed by atoms with E-state index in [1.165, 1.54) is 6.42 Å². The number of likely N-dealkylation sites (tertiary alicyclic amines) is 1. The number of ether oxygens (including phenoxy) is 1. The van der Waals surface area contributed by atoms with Crippen molar-refractivity contribution < 1.29 is 9.53 Å². The summed E-state index contributed by atoms with van der Waals surface area (Å²) in [4.78, 5) is 16.6. The number of amides is 1. The fourth-order valence-electron chi connectivity index (χ4n) is 3.01. The summed E-state index contributed by atoms with van der Waals surface area (Å²) in [5.74, 6) is 0. The van der Waals surface area contributed by atoms with Crippen molar-refractivity contribution in [2.24, 2.45) is 5.73 Å². The fraction of sp³-hybridized carbons (Fsp3) is 0.938. The van der Waals surface area contributed by atoms with Gasteiger partial charge in [-0.25, -0.2) is 4.79 Å². The molecule has 130 valence electrons. The molecule has 0 radical (unpaired) electrons. The Morgan fingerprint density at radius 2 is 2.05 bits per heavy atom. The standard InChI is InChI=1S/C16H34N4O2/c1-6-19(7-2)13-8-9-20(12-13)14(10-17)11-18-15(21)22-16(3,4)5/h13-14H,6-12,17H2,1-5H3,(H,18,21). The minimum atomic E-state index is -0.468. The van der Waals surface area contributed by atoms with E-state index in [1.54, 1.807) is 0 Å². The van der Waals surface area contributed by atoms with Gasteiger partial charge in [0.1, 0.15) is 5.60 Å². The van der Waals surface area contributed by atoms with Crippen LogP contribution in [0.3, 0.4) is 0 Å². The molecule has 0 bridgehead atoms. The molecule has 0 spiro atoms. The average molecular weight is 314 g/mol. The molecule has 3 N–H and O–H groups in total. The van der Waals surface area contributed by atoms with E-state index in [-0.39, 0.29) is 12.1 Å². The van der Waals surface area contributed by atoms with E-state index in [2.05, 4.69) is 29.0 Å². The van der Waals surface area contributed by atoms with Gasteiger partial charge in [-0.1, -0.05) is 13.8 Å². The molecule has 2 atom stereocenters. The molecule has 0 aromatic heterocycles. The van der Waals surface area contributed by atoms with Gasteiger partial charge in [-0.2, -0.15) is 0 Å². The highest BCUT2D eigenvalue weighted by Gasteiger charge is 2.30. The molecule has 1 aliphatic rings. The van der Waals surface area contributed by atoms with E-state index < -0.39 is 5.60 Å². The maximum Gasteiger partial charge on any atom is 0.407 e. The molecular weight excluding hydrogens is 280 g/mol. The van der Waals surface area contributed by atoms with Crippen LogP contribution in [0.4, 0.5) is 4.79 Å². The number of hydrogen-bond acceptors (Lipinski definition) is 5. The first kappa shape index (κ1) is 19.2. The molecule has 6 heteroatoms.